The molecule has 1 unspecified atom stereocenters. The molecule has 1 saturated heterocycles. The van der Waals surface area contributed by atoms with Gasteiger partial charge in [-0.2, -0.15) is 0 Å². The molecule has 1 aliphatic heterocycles. The monoisotopic (exact) mass is 387 g/mol. The van der Waals surface area contributed by atoms with Crippen LogP contribution in [0.2, 0.25) is 0 Å². The number of sulfonamides is 1. The smallest absolute Gasteiger partial charge is 0.264 e. The topological polar surface area (TPSA) is 78.5 Å². The highest BCUT2D eigenvalue weighted by atomic mass is 32.2. The predicted octanol–water partition coefficient (Wildman–Crippen LogP) is 2.84. The molecule has 7 heteroatoms. The van der Waals surface area contributed by atoms with Crippen molar-refractivity contribution >= 4 is 27.3 Å². The highest BCUT2D eigenvalue weighted by Crippen LogP contribution is 2.24. The molecule has 1 aliphatic rings. The van der Waals surface area contributed by atoms with Crippen LogP contribution in [-0.2, 0) is 14.8 Å². The lowest BCUT2D eigenvalue weighted by atomic mass is 10.0. The Labute approximate surface area is 160 Å². The van der Waals surface area contributed by atoms with E-state index in [1.807, 2.05) is 6.07 Å². The van der Waals surface area contributed by atoms with Crippen molar-refractivity contribution in [2.45, 2.75) is 24.2 Å². The van der Waals surface area contributed by atoms with Crippen molar-refractivity contribution in [2.24, 2.45) is 5.92 Å². The van der Waals surface area contributed by atoms with Crippen LogP contribution in [0.5, 0.6) is 0 Å². The van der Waals surface area contributed by atoms with Crippen molar-refractivity contribution in [1.29, 1.82) is 0 Å². The molecular formula is C20H25N3O3S. The summed E-state index contributed by atoms with van der Waals surface area (Å²) >= 11 is 0. The number of nitrogens with one attached hydrogen (secondary N) is 2. The molecule has 1 heterocycles. The van der Waals surface area contributed by atoms with Gasteiger partial charge in [-0.25, -0.2) is 8.42 Å². The number of para-hydroxylation sites is 1. The van der Waals surface area contributed by atoms with Crippen molar-refractivity contribution < 1.29 is 13.2 Å². The molecule has 0 saturated carbocycles. The maximum Gasteiger partial charge on any atom is 0.264 e. The molecule has 0 bridgehead atoms. The Morgan fingerprint density at radius 3 is 2.67 bits per heavy atom. The highest BCUT2D eigenvalue weighted by molar-refractivity contribution is 7.92. The van der Waals surface area contributed by atoms with E-state index in [2.05, 4.69) is 10.6 Å². The summed E-state index contributed by atoms with van der Waals surface area (Å²) in [6.45, 7) is 1.98. The fourth-order valence-corrected chi connectivity index (χ4v) is 4.43. The second kappa shape index (κ2) is 8.54. The zero-order chi connectivity index (χ0) is 19.3. The van der Waals surface area contributed by atoms with Gasteiger partial charge in [0.2, 0.25) is 5.91 Å². The van der Waals surface area contributed by atoms with E-state index in [0.717, 1.165) is 25.9 Å². The van der Waals surface area contributed by atoms with Crippen LogP contribution in [0.3, 0.4) is 0 Å². The number of benzene rings is 2. The van der Waals surface area contributed by atoms with Gasteiger partial charge in [-0.3, -0.25) is 9.10 Å². The van der Waals surface area contributed by atoms with Crippen LogP contribution in [0.4, 0.5) is 11.4 Å². The van der Waals surface area contributed by atoms with Gasteiger partial charge in [-0.05, 0) is 62.2 Å². The Bertz CT molecular complexity index is 878. The Morgan fingerprint density at radius 1 is 1.19 bits per heavy atom. The maximum absolute atomic E-state index is 12.9. The van der Waals surface area contributed by atoms with Gasteiger partial charge in [-0.15, -0.1) is 0 Å². The summed E-state index contributed by atoms with van der Waals surface area (Å²) in [4.78, 5) is 12.3. The standard InChI is InChI=1S/C20H25N3O3S/c1-23(18-7-3-2-4-8-18)27(25,26)19-9-5-6-17(14-19)22-20(24)11-10-16-12-13-21-15-16/h2-9,14,16,21H,10-13,15H2,1H3,(H,22,24). The van der Waals surface area contributed by atoms with Crippen molar-refractivity contribution in [1.82, 2.24) is 5.32 Å². The normalized spacial score (nSPS) is 16.9. The summed E-state index contributed by atoms with van der Waals surface area (Å²) in [5, 5.41) is 6.11. The minimum absolute atomic E-state index is 0.0899. The molecule has 0 aromatic heterocycles. The van der Waals surface area contributed by atoms with Crippen LogP contribution in [-0.4, -0.2) is 34.5 Å². The lowest BCUT2D eigenvalue weighted by Crippen LogP contribution is -2.26. The molecule has 3 rings (SSSR count). The molecule has 0 radical (unpaired) electrons. The predicted molar refractivity (Wildman–Crippen MR) is 107 cm³/mol. The van der Waals surface area contributed by atoms with Gasteiger partial charge in [0, 0.05) is 19.2 Å². The number of hydrogen-bond acceptors (Lipinski definition) is 4. The van der Waals surface area contributed by atoms with Crippen molar-refractivity contribution in [3.8, 4) is 0 Å². The van der Waals surface area contributed by atoms with E-state index in [1.54, 1.807) is 36.4 Å². The van der Waals surface area contributed by atoms with E-state index >= 15 is 0 Å². The third-order valence-electron chi connectivity index (χ3n) is 4.84. The summed E-state index contributed by atoms with van der Waals surface area (Å²) < 4.78 is 27.0. The Kier molecular flexibility index (Phi) is 6.13. The number of rotatable bonds is 7. The van der Waals surface area contributed by atoms with Gasteiger partial charge in [-0.1, -0.05) is 24.3 Å². The van der Waals surface area contributed by atoms with Crippen LogP contribution in [0.25, 0.3) is 0 Å². The van der Waals surface area contributed by atoms with E-state index in [1.165, 1.54) is 23.5 Å². The van der Waals surface area contributed by atoms with Gasteiger partial charge in [0.15, 0.2) is 0 Å². The van der Waals surface area contributed by atoms with E-state index in [4.69, 9.17) is 0 Å². The number of carbonyl (C=O) groups is 1. The van der Waals surface area contributed by atoms with Crippen molar-refractivity contribution in [3.63, 3.8) is 0 Å². The molecule has 1 atom stereocenters. The Balaban J connectivity index is 1.68. The summed E-state index contributed by atoms with van der Waals surface area (Å²) in [5.41, 5.74) is 1.07. The quantitative estimate of drug-likeness (QED) is 0.766. The number of hydrogen-bond donors (Lipinski definition) is 2. The molecule has 2 N–H and O–H groups in total. The molecule has 6 nitrogen and oxygen atoms in total. The molecule has 1 amide bonds. The second-order valence-electron chi connectivity index (χ2n) is 6.78. The van der Waals surface area contributed by atoms with E-state index in [9.17, 15) is 13.2 Å². The SMILES string of the molecule is CN(c1ccccc1)S(=O)(=O)c1cccc(NC(=O)CCC2CCNC2)c1. The maximum atomic E-state index is 12.9. The van der Waals surface area contributed by atoms with Gasteiger partial charge < -0.3 is 10.6 Å². The molecule has 2 aromatic rings. The third kappa shape index (κ3) is 4.87. The van der Waals surface area contributed by atoms with E-state index < -0.39 is 10.0 Å². The fraction of sp³-hybridized carbons (Fsp3) is 0.350. The number of carbonyl (C=O) groups excluding carboxylic acids is 1. The zero-order valence-electron chi connectivity index (χ0n) is 15.4. The minimum Gasteiger partial charge on any atom is -0.326 e. The number of nitrogens with zero attached hydrogens (tertiary/aromatic N) is 1. The van der Waals surface area contributed by atoms with Crippen molar-refractivity contribution in [2.75, 3.05) is 29.8 Å². The molecule has 2 aromatic carbocycles. The summed E-state index contributed by atoms with van der Waals surface area (Å²) in [6, 6.07) is 15.3. The number of amides is 1. The van der Waals surface area contributed by atoms with Crippen LogP contribution in [0, 0.1) is 5.92 Å². The minimum atomic E-state index is -3.70. The Morgan fingerprint density at radius 2 is 1.96 bits per heavy atom. The summed E-state index contributed by atoms with van der Waals surface area (Å²) in [5.74, 6) is 0.454. The molecule has 0 aliphatic carbocycles. The first kappa shape index (κ1) is 19.4. The molecular weight excluding hydrogens is 362 g/mol. The first-order valence-corrected chi connectivity index (χ1v) is 10.6. The first-order chi connectivity index (χ1) is 13.0. The van der Waals surface area contributed by atoms with Gasteiger partial charge in [0.25, 0.3) is 10.0 Å². The first-order valence-electron chi connectivity index (χ1n) is 9.11. The fourth-order valence-electron chi connectivity index (χ4n) is 3.19. The molecule has 27 heavy (non-hydrogen) atoms. The average Bonchev–Trinajstić information content (AvgIpc) is 3.20. The summed E-state index contributed by atoms with van der Waals surface area (Å²) in [6.07, 6.45) is 2.38. The van der Waals surface area contributed by atoms with Gasteiger partial charge >= 0.3 is 0 Å². The van der Waals surface area contributed by atoms with Crippen molar-refractivity contribution in [3.05, 3.63) is 54.6 Å². The van der Waals surface area contributed by atoms with E-state index in [-0.39, 0.29) is 10.8 Å². The van der Waals surface area contributed by atoms with Crippen LogP contribution in [0.15, 0.2) is 59.5 Å². The summed E-state index contributed by atoms with van der Waals surface area (Å²) in [7, 11) is -2.18. The molecule has 144 valence electrons. The average molecular weight is 388 g/mol. The number of anilines is 2. The van der Waals surface area contributed by atoms with Crippen LogP contribution >= 0.6 is 0 Å². The third-order valence-corrected chi connectivity index (χ3v) is 6.62. The lowest BCUT2D eigenvalue weighted by Gasteiger charge is -2.20. The lowest BCUT2D eigenvalue weighted by molar-refractivity contribution is -0.116. The molecule has 1 fully saturated rings. The van der Waals surface area contributed by atoms with Crippen LogP contribution in [0.1, 0.15) is 19.3 Å². The largest absolute Gasteiger partial charge is 0.326 e. The van der Waals surface area contributed by atoms with Crippen LogP contribution < -0.4 is 14.9 Å². The Hall–Kier alpha value is -2.38. The second-order valence-corrected chi connectivity index (χ2v) is 8.75. The highest BCUT2D eigenvalue weighted by Gasteiger charge is 2.22. The van der Waals surface area contributed by atoms with Gasteiger partial charge in [0.05, 0.1) is 10.6 Å². The van der Waals surface area contributed by atoms with Gasteiger partial charge in [0.1, 0.15) is 0 Å². The van der Waals surface area contributed by atoms with E-state index in [0.29, 0.717) is 23.7 Å². The molecule has 0 spiro atoms. The zero-order valence-corrected chi connectivity index (χ0v) is 16.2.